The van der Waals surface area contributed by atoms with Crippen molar-refractivity contribution in [1.82, 2.24) is 20.6 Å². The standard InChI is InChI=1S/C25H27ClN3O5P.C23H22ClN3O4.CH2Cl2/c1-27-24(30)22(29-32-2)20-13-9-8-12-18(20)16-33-25-21(26)14-19(15-28-25)23(34-35(3,4)31)17-10-6-5-7-11-17;1-25-22(29)20(27-30-2)18-11-7-6-10-16(18)14-31-23-19(24)12-17(13-26-23)21(28)15-8-4-3-5-9-15;2-1-3/h5-15,23H,16H2,1-4H3,(H,27,30);3-13,21,28H,14H2,1-2H3,(H,25,29);1H2/b29-22+;27-20+;. The van der Waals surface area contributed by atoms with Gasteiger partial charge in [0, 0.05) is 62.1 Å². The van der Waals surface area contributed by atoms with Gasteiger partial charge in [-0.1, -0.05) is 143 Å². The Morgan fingerprint density at radius 2 is 1.03 bits per heavy atom. The third-order valence-electron chi connectivity index (χ3n) is 9.38. The molecule has 2 unspecified atom stereocenters. The number of aromatic nitrogens is 2. The van der Waals surface area contributed by atoms with Gasteiger partial charge in [0.05, 0.1) is 5.34 Å². The Hall–Kier alpha value is -6.03. The van der Waals surface area contributed by atoms with E-state index in [0.717, 1.165) is 11.1 Å². The number of nitrogens with one attached hydrogen (secondary N) is 2. The monoisotopic (exact) mass is 1040 g/mol. The first-order chi connectivity index (χ1) is 33.2. The quantitative estimate of drug-likeness (QED) is 0.0321. The van der Waals surface area contributed by atoms with Gasteiger partial charge in [-0.25, -0.2) is 9.97 Å². The number of halogens is 4. The number of hydrogen-bond donors (Lipinski definition) is 3. The van der Waals surface area contributed by atoms with Gasteiger partial charge in [-0.15, -0.1) is 23.2 Å². The largest absolute Gasteiger partial charge is 0.472 e. The Morgan fingerprint density at radius 1 is 0.638 bits per heavy atom. The van der Waals surface area contributed by atoms with Gasteiger partial charge >= 0.3 is 0 Å². The lowest BCUT2D eigenvalue weighted by Gasteiger charge is -2.21. The molecule has 0 aliphatic carbocycles. The smallest absolute Gasteiger partial charge is 0.273 e. The molecule has 2 amide bonds. The minimum Gasteiger partial charge on any atom is -0.472 e. The molecule has 6 aromatic rings. The van der Waals surface area contributed by atoms with Gasteiger partial charge in [0.25, 0.3) is 11.8 Å². The summed E-state index contributed by atoms with van der Waals surface area (Å²) in [6.07, 6.45) is 1.66. The Balaban J connectivity index is 0.000000286. The Morgan fingerprint density at radius 3 is 1.43 bits per heavy atom. The molecule has 0 spiro atoms. The van der Waals surface area contributed by atoms with E-state index >= 15 is 0 Å². The number of carbonyl (C=O) groups is 2. The van der Waals surface area contributed by atoms with Gasteiger partial charge in [0.2, 0.25) is 11.8 Å². The number of pyridine rings is 2. The summed E-state index contributed by atoms with van der Waals surface area (Å²) in [5, 5.41) is 24.0. The fourth-order valence-electron chi connectivity index (χ4n) is 6.30. The minimum atomic E-state index is -2.82. The highest BCUT2D eigenvalue weighted by Crippen LogP contribution is 2.46. The van der Waals surface area contributed by atoms with Crippen LogP contribution in [0.15, 0.2) is 144 Å². The average Bonchev–Trinajstić information content (AvgIpc) is 3.36. The zero-order valence-corrected chi connectivity index (χ0v) is 42.4. The molecule has 15 nitrogen and oxygen atoms in total. The normalized spacial score (nSPS) is 12.2. The van der Waals surface area contributed by atoms with Crippen molar-refractivity contribution in [3.63, 3.8) is 0 Å². The highest BCUT2D eigenvalue weighted by molar-refractivity contribution is 7.57. The molecule has 3 N–H and O–H groups in total. The number of ether oxygens (including phenoxy) is 2. The van der Waals surface area contributed by atoms with Crippen molar-refractivity contribution >= 4 is 77.0 Å². The van der Waals surface area contributed by atoms with E-state index in [9.17, 15) is 19.3 Å². The number of aliphatic hydroxyl groups is 1. The summed E-state index contributed by atoms with van der Waals surface area (Å²) in [6, 6.07) is 36.3. The van der Waals surface area contributed by atoms with E-state index in [2.05, 4.69) is 30.9 Å². The molecule has 4 aromatic carbocycles. The van der Waals surface area contributed by atoms with E-state index < -0.39 is 25.5 Å². The predicted octanol–water partition coefficient (Wildman–Crippen LogP) is 9.97. The number of oxime groups is 2. The molecule has 0 saturated carbocycles. The molecule has 6 rings (SSSR count). The second-order valence-corrected chi connectivity index (χ2v) is 18.8. The highest BCUT2D eigenvalue weighted by atomic mass is 35.5. The van der Waals surface area contributed by atoms with E-state index in [0.29, 0.717) is 33.4 Å². The van der Waals surface area contributed by atoms with Crippen molar-refractivity contribution in [2.45, 2.75) is 25.4 Å². The third-order valence-corrected chi connectivity index (χ3v) is 10.6. The molecule has 2 aromatic heterocycles. The summed E-state index contributed by atoms with van der Waals surface area (Å²) in [7, 11) is 2.95. The van der Waals surface area contributed by atoms with Crippen LogP contribution in [-0.4, -0.2) is 85.3 Å². The van der Waals surface area contributed by atoms with Crippen LogP contribution in [-0.2, 0) is 41.6 Å². The van der Waals surface area contributed by atoms with E-state index in [4.69, 9.17) is 70.1 Å². The van der Waals surface area contributed by atoms with E-state index in [1.807, 2.05) is 84.9 Å². The van der Waals surface area contributed by atoms with Gasteiger partial charge in [-0.3, -0.25) is 14.2 Å². The number of alkyl halides is 2. The number of rotatable bonds is 18. The predicted molar refractivity (Wildman–Crippen MR) is 271 cm³/mol. The molecule has 0 radical (unpaired) electrons. The van der Waals surface area contributed by atoms with Crippen molar-refractivity contribution in [3.8, 4) is 11.8 Å². The van der Waals surface area contributed by atoms with Crippen LogP contribution >= 0.6 is 53.8 Å². The fraction of sp³-hybridized carbons (Fsp3) is 0.224. The first kappa shape index (κ1) is 55.6. The van der Waals surface area contributed by atoms with Gasteiger partial charge in [0.15, 0.2) is 18.8 Å². The zero-order chi connectivity index (χ0) is 50.3. The Bertz CT molecular complexity index is 2710. The summed E-state index contributed by atoms with van der Waals surface area (Å²) in [5.41, 5.74) is 5.53. The lowest BCUT2D eigenvalue weighted by Crippen LogP contribution is -2.29. The first-order valence-corrected chi connectivity index (χ1v) is 25.1. The van der Waals surface area contributed by atoms with Crippen molar-refractivity contribution in [2.75, 3.05) is 47.0 Å². The summed E-state index contributed by atoms with van der Waals surface area (Å²) in [5.74, 6) is -0.357. The maximum Gasteiger partial charge on any atom is 0.273 e. The van der Waals surface area contributed by atoms with Gasteiger partial charge in [0.1, 0.15) is 49.7 Å². The summed E-state index contributed by atoms with van der Waals surface area (Å²) >= 11 is 22.4. The first-order valence-electron chi connectivity index (χ1n) is 20.7. The number of nitrogens with zero attached hydrogens (tertiary/aromatic N) is 4. The number of benzene rings is 4. The van der Waals surface area contributed by atoms with E-state index in [1.54, 1.807) is 55.9 Å². The van der Waals surface area contributed by atoms with Crippen molar-refractivity contribution in [1.29, 1.82) is 0 Å². The lowest BCUT2D eigenvalue weighted by atomic mass is 10.0. The summed E-state index contributed by atoms with van der Waals surface area (Å²) < 4.78 is 30.0. The van der Waals surface area contributed by atoms with E-state index in [-0.39, 0.29) is 57.7 Å². The number of hydrogen-bond acceptors (Lipinski definition) is 13. The second-order valence-electron chi connectivity index (χ2n) is 14.5. The maximum atomic E-state index is 12.4. The SMILES string of the molecule is CNC(=O)/C(=N/OC)c1ccccc1COc1ncc(C(O)c2ccccc2)cc1Cl.CNC(=O)/C(=N/OC)c1ccccc1COc1ncc(C(OP(C)(C)=O)c2ccccc2)cc1Cl.ClCCl. The molecule has 0 saturated heterocycles. The van der Waals surface area contributed by atoms with Crippen molar-refractivity contribution in [3.05, 3.63) is 188 Å². The molecule has 2 atom stereocenters. The van der Waals surface area contributed by atoms with Crippen LogP contribution in [0, 0.1) is 0 Å². The summed E-state index contributed by atoms with van der Waals surface area (Å²) in [6.45, 7) is 3.31. The van der Waals surface area contributed by atoms with Crippen LogP contribution in [0.5, 0.6) is 11.8 Å². The zero-order valence-electron chi connectivity index (χ0n) is 38.4. The number of amides is 2. The molecule has 0 aliphatic heterocycles. The van der Waals surface area contributed by atoms with E-state index in [1.165, 1.54) is 34.5 Å². The Labute approximate surface area is 421 Å². The molecule has 0 fully saturated rings. The second kappa shape index (κ2) is 28.5. The molecular formula is C49H51Cl4N6O9P. The lowest BCUT2D eigenvalue weighted by molar-refractivity contribution is -0.115. The van der Waals surface area contributed by atoms with Crippen molar-refractivity contribution in [2.24, 2.45) is 10.3 Å². The molecule has 0 aliphatic rings. The molecule has 2 heterocycles. The van der Waals surface area contributed by atoms with Crippen molar-refractivity contribution < 1.29 is 42.9 Å². The third kappa shape index (κ3) is 16.9. The van der Waals surface area contributed by atoms with Crippen LogP contribution in [0.2, 0.25) is 10.0 Å². The van der Waals surface area contributed by atoms with Gasteiger partial charge in [-0.05, 0) is 34.4 Å². The summed E-state index contributed by atoms with van der Waals surface area (Å²) in [4.78, 5) is 42.7. The van der Waals surface area contributed by atoms with Crippen LogP contribution < -0.4 is 20.1 Å². The van der Waals surface area contributed by atoms with Gasteiger partial charge in [-0.2, -0.15) is 0 Å². The fourth-order valence-corrected chi connectivity index (χ4v) is 7.51. The molecule has 69 heavy (non-hydrogen) atoms. The van der Waals surface area contributed by atoms with Crippen LogP contribution in [0.25, 0.3) is 0 Å². The van der Waals surface area contributed by atoms with Crippen LogP contribution in [0.1, 0.15) is 56.7 Å². The van der Waals surface area contributed by atoms with Gasteiger partial charge < -0.3 is 39.4 Å². The molecule has 20 heteroatoms. The molecule has 364 valence electrons. The average molecular weight is 1040 g/mol. The number of aliphatic hydroxyl groups excluding tert-OH is 1. The minimum absolute atomic E-state index is 0.0830. The molecular weight excluding hydrogens is 989 g/mol. The number of carbonyl (C=O) groups excluding carboxylic acids is 2. The van der Waals surface area contributed by atoms with Crippen LogP contribution in [0.4, 0.5) is 0 Å². The topological polar surface area (TPSA) is 192 Å². The maximum absolute atomic E-state index is 12.4. The Kier molecular flexibility index (Phi) is 22.9. The number of likely N-dealkylation sites (N-methyl/N-ethyl adjacent to an activating group) is 2. The van der Waals surface area contributed by atoms with Crippen LogP contribution in [0.3, 0.4) is 0 Å². The molecule has 0 bridgehead atoms. The highest BCUT2D eigenvalue weighted by Gasteiger charge is 2.24.